The predicted molar refractivity (Wildman–Crippen MR) is 106 cm³/mol. The number of para-hydroxylation sites is 2. The van der Waals surface area contributed by atoms with Crippen molar-refractivity contribution >= 4 is 22.6 Å². The molecule has 0 spiro atoms. The van der Waals surface area contributed by atoms with Gasteiger partial charge < -0.3 is 14.8 Å². The fraction of sp³-hybridized carbons (Fsp3) is 0.333. The molecular weight excluding hydrogens is 324 g/mol. The summed E-state index contributed by atoms with van der Waals surface area (Å²) < 4.78 is 2.04. The molecule has 0 aliphatic rings. The largest absolute Gasteiger partial charge is 0.324 e. The van der Waals surface area contributed by atoms with Gasteiger partial charge >= 0.3 is 0 Å². The quantitative estimate of drug-likeness (QED) is 0.759. The molecule has 5 nitrogen and oxygen atoms in total. The van der Waals surface area contributed by atoms with Crippen molar-refractivity contribution in [1.82, 2.24) is 14.5 Å². The second-order valence-corrected chi connectivity index (χ2v) is 7.11. The summed E-state index contributed by atoms with van der Waals surface area (Å²) >= 11 is 0. The number of fused-ring (bicyclic) bond motifs is 1. The Morgan fingerprint density at radius 1 is 1.19 bits per heavy atom. The van der Waals surface area contributed by atoms with Crippen LogP contribution in [-0.2, 0) is 11.3 Å². The number of aromatic nitrogens is 2. The smallest absolute Gasteiger partial charge is 0.247 e. The van der Waals surface area contributed by atoms with E-state index in [9.17, 15) is 4.79 Å². The molecule has 0 radical (unpaired) electrons. The summed E-state index contributed by atoms with van der Waals surface area (Å²) in [6.45, 7) is 6.63. The number of rotatable bonds is 5. The fourth-order valence-corrected chi connectivity index (χ4v) is 3.15. The van der Waals surface area contributed by atoms with E-state index in [0.29, 0.717) is 6.54 Å². The summed E-state index contributed by atoms with van der Waals surface area (Å²) in [6.07, 6.45) is 0. The molecule has 1 aromatic heterocycles. The maximum atomic E-state index is 13.0. The first kappa shape index (κ1) is 18.1. The van der Waals surface area contributed by atoms with Crippen LogP contribution in [0.4, 0.5) is 5.69 Å². The average Bonchev–Trinajstić information content (AvgIpc) is 2.94. The third-order valence-electron chi connectivity index (χ3n) is 4.54. The van der Waals surface area contributed by atoms with Gasteiger partial charge in [-0.25, -0.2) is 4.98 Å². The van der Waals surface area contributed by atoms with Crippen LogP contribution < -0.4 is 5.32 Å². The van der Waals surface area contributed by atoms with Gasteiger partial charge in [0.05, 0.1) is 17.6 Å². The normalized spacial score (nSPS) is 12.5. The van der Waals surface area contributed by atoms with Gasteiger partial charge in [0.1, 0.15) is 11.9 Å². The Morgan fingerprint density at radius 2 is 1.92 bits per heavy atom. The maximum Gasteiger partial charge on any atom is 0.247 e. The highest BCUT2D eigenvalue weighted by Gasteiger charge is 2.22. The number of imidazole rings is 1. The van der Waals surface area contributed by atoms with Gasteiger partial charge in [0.15, 0.2) is 0 Å². The molecular formula is C21H26N4O. The van der Waals surface area contributed by atoms with Crippen molar-refractivity contribution in [3.63, 3.8) is 0 Å². The molecule has 2 aromatic carbocycles. The summed E-state index contributed by atoms with van der Waals surface area (Å²) in [4.78, 5) is 19.8. The van der Waals surface area contributed by atoms with E-state index < -0.39 is 0 Å². The molecule has 0 aliphatic carbocycles. The SMILES string of the molecule is Cc1ccc(C)c(NC(=O)C(C)n2c(CN(C)C)nc3ccccc32)c1. The first-order chi connectivity index (χ1) is 12.4. The van der Waals surface area contributed by atoms with Gasteiger partial charge in [-0.2, -0.15) is 0 Å². The predicted octanol–water partition coefficient (Wildman–Crippen LogP) is 3.91. The summed E-state index contributed by atoms with van der Waals surface area (Å²) in [5, 5.41) is 3.08. The molecule has 1 heterocycles. The Hall–Kier alpha value is -2.66. The number of carbonyl (C=O) groups excluding carboxylic acids is 1. The lowest BCUT2D eigenvalue weighted by Crippen LogP contribution is -2.26. The van der Waals surface area contributed by atoms with E-state index in [-0.39, 0.29) is 11.9 Å². The van der Waals surface area contributed by atoms with Gasteiger partial charge in [-0.3, -0.25) is 4.79 Å². The van der Waals surface area contributed by atoms with E-state index >= 15 is 0 Å². The molecule has 1 atom stereocenters. The van der Waals surface area contributed by atoms with Crippen molar-refractivity contribution < 1.29 is 4.79 Å². The number of hydrogen-bond acceptors (Lipinski definition) is 3. The molecule has 1 amide bonds. The highest BCUT2D eigenvalue weighted by molar-refractivity contribution is 5.95. The van der Waals surface area contributed by atoms with Gasteiger partial charge in [-0.05, 0) is 64.2 Å². The van der Waals surface area contributed by atoms with Crippen LogP contribution in [0, 0.1) is 13.8 Å². The van der Waals surface area contributed by atoms with E-state index in [2.05, 4.69) is 10.2 Å². The zero-order valence-electron chi connectivity index (χ0n) is 16.1. The standard InChI is InChI=1S/C21H26N4O/c1-14-10-11-15(2)18(12-14)23-21(26)16(3)25-19-9-7-6-8-17(19)22-20(25)13-24(4)5/h6-12,16H,13H2,1-5H3,(H,23,26). The highest BCUT2D eigenvalue weighted by Crippen LogP contribution is 2.24. The number of anilines is 1. The molecule has 5 heteroatoms. The minimum atomic E-state index is -0.364. The Morgan fingerprint density at radius 3 is 2.65 bits per heavy atom. The van der Waals surface area contributed by atoms with Crippen molar-refractivity contribution in [2.75, 3.05) is 19.4 Å². The van der Waals surface area contributed by atoms with Crippen LogP contribution in [0.15, 0.2) is 42.5 Å². The van der Waals surface area contributed by atoms with Crippen LogP contribution in [0.2, 0.25) is 0 Å². The third-order valence-corrected chi connectivity index (χ3v) is 4.54. The zero-order valence-corrected chi connectivity index (χ0v) is 16.1. The van der Waals surface area contributed by atoms with E-state index in [1.165, 1.54) is 0 Å². The number of amides is 1. The average molecular weight is 350 g/mol. The van der Waals surface area contributed by atoms with Crippen molar-refractivity contribution in [2.24, 2.45) is 0 Å². The van der Waals surface area contributed by atoms with Crippen molar-refractivity contribution in [2.45, 2.75) is 33.4 Å². The third kappa shape index (κ3) is 3.63. The Labute approximate surface area is 154 Å². The first-order valence-electron chi connectivity index (χ1n) is 8.85. The molecule has 3 rings (SSSR count). The Bertz CT molecular complexity index is 942. The number of nitrogens with one attached hydrogen (secondary N) is 1. The number of carbonyl (C=O) groups is 1. The molecule has 0 saturated heterocycles. The molecule has 0 saturated carbocycles. The van der Waals surface area contributed by atoms with Crippen LogP contribution in [0.5, 0.6) is 0 Å². The lowest BCUT2D eigenvalue weighted by Gasteiger charge is -2.20. The number of nitrogens with zero attached hydrogens (tertiary/aromatic N) is 3. The molecule has 0 aliphatic heterocycles. The number of aryl methyl sites for hydroxylation is 2. The second-order valence-electron chi connectivity index (χ2n) is 7.11. The van der Waals surface area contributed by atoms with E-state index in [1.54, 1.807) is 0 Å². The maximum absolute atomic E-state index is 13.0. The Kier molecular flexibility index (Phi) is 5.09. The lowest BCUT2D eigenvalue weighted by molar-refractivity contribution is -0.118. The molecule has 1 N–H and O–H groups in total. The second kappa shape index (κ2) is 7.30. The van der Waals surface area contributed by atoms with E-state index in [0.717, 1.165) is 33.7 Å². The van der Waals surface area contributed by atoms with E-state index in [4.69, 9.17) is 4.98 Å². The molecule has 1 unspecified atom stereocenters. The van der Waals surface area contributed by atoms with Gasteiger partial charge in [-0.1, -0.05) is 24.3 Å². The van der Waals surface area contributed by atoms with Crippen LogP contribution in [0.1, 0.15) is 29.9 Å². The summed E-state index contributed by atoms with van der Waals surface area (Å²) in [5.41, 5.74) is 4.93. The highest BCUT2D eigenvalue weighted by atomic mass is 16.2. The van der Waals surface area contributed by atoms with Crippen LogP contribution in [-0.4, -0.2) is 34.5 Å². The fourth-order valence-electron chi connectivity index (χ4n) is 3.15. The lowest BCUT2D eigenvalue weighted by atomic mass is 10.1. The van der Waals surface area contributed by atoms with Gasteiger partial charge in [-0.15, -0.1) is 0 Å². The summed E-state index contributed by atoms with van der Waals surface area (Å²) in [5.74, 6) is 0.849. The summed E-state index contributed by atoms with van der Waals surface area (Å²) in [6, 6.07) is 13.7. The van der Waals surface area contributed by atoms with Gasteiger partial charge in [0.25, 0.3) is 0 Å². The minimum Gasteiger partial charge on any atom is -0.324 e. The van der Waals surface area contributed by atoms with Crippen LogP contribution in [0.25, 0.3) is 11.0 Å². The topological polar surface area (TPSA) is 50.2 Å². The van der Waals surface area contributed by atoms with Gasteiger partial charge in [0.2, 0.25) is 5.91 Å². The van der Waals surface area contributed by atoms with Crippen molar-refractivity contribution in [1.29, 1.82) is 0 Å². The number of benzene rings is 2. The van der Waals surface area contributed by atoms with Gasteiger partial charge in [0, 0.05) is 5.69 Å². The molecule has 0 fully saturated rings. The molecule has 0 bridgehead atoms. The number of hydrogen-bond donors (Lipinski definition) is 1. The van der Waals surface area contributed by atoms with Crippen molar-refractivity contribution in [3.8, 4) is 0 Å². The van der Waals surface area contributed by atoms with E-state index in [1.807, 2.05) is 81.9 Å². The Balaban J connectivity index is 1.96. The first-order valence-corrected chi connectivity index (χ1v) is 8.85. The molecule has 26 heavy (non-hydrogen) atoms. The molecule has 3 aromatic rings. The van der Waals surface area contributed by atoms with Crippen LogP contribution in [0.3, 0.4) is 0 Å². The zero-order chi connectivity index (χ0) is 18.8. The minimum absolute atomic E-state index is 0.0399. The molecule has 136 valence electrons. The van der Waals surface area contributed by atoms with Crippen LogP contribution >= 0.6 is 0 Å². The van der Waals surface area contributed by atoms with Crippen molar-refractivity contribution in [3.05, 3.63) is 59.4 Å². The monoisotopic (exact) mass is 350 g/mol. The summed E-state index contributed by atoms with van der Waals surface area (Å²) in [7, 11) is 4.01.